The van der Waals surface area contributed by atoms with Crippen molar-refractivity contribution in [3.63, 3.8) is 0 Å². The number of hydrogen-bond donors (Lipinski definition) is 1. The van der Waals surface area contributed by atoms with Crippen molar-refractivity contribution >= 4 is 19.7 Å². The van der Waals surface area contributed by atoms with Gasteiger partial charge in [-0.05, 0) is 19.4 Å². The smallest absolute Gasteiger partial charge is 0.423 e. The molecule has 0 aromatic carbocycles. The number of ether oxygens (including phenoxy) is 3. The topological polar surface area (TPSA) is 91.7 Å². The third-order valence-electron chi connectivity index (χ3n) is 4.74. The molecule has 1 saturated carbocycles. The number of rotatable bonds is 11. The van der Waals surface area contributed by atoms with Crippen LogP contribution < -0.4 is 10.9 Å². The third-order valence-corrected chi connectivity index (χ3v) is 6.44. The number of halogens is 3. The van der Waals surface area contributed by atoms with Gasteiger partial charge in [0.1, 0.15) is 12.3 Å². The minimum atomic E-state index is -4.87. The summed E-state index contributed by atoms with van der Waals surface area (Å²) in [5, 5.41) is 6.46. The van der Waals surface area contributed by atoms with Crippen molar-refractivity contribution in [1.29, 1.82) is 0 Å². The van der Waals surface area contributed by atoms with Gasteiger partial charge in [-0.2, -0.15) is 18.3 Å². The first-order chi connectivity index (χ1) is 14.3. The lowest BCUT2D eigenvalue weighted by molar-refractivity contribution is -0.143. The Morgan fingerprint density at radius 1 is 1.39 bits per heavy atom. The van der Waals surface area contributed by atoms with Crippen LogP contribution in [0, 0.1) is 5.92 Å². The number of nitrogens with one attached hydrogen (secondary N) is 1. The van der Waals surface area contributed by atoms with Crippen LogP contribution in [0.1, 0.15) is 18.9 Å². The van der Waals surface area contributed by atoms with Gasteiger partial charge in [0.2, 0.25) is 0 Å². The van der Waals surface area contributed by atoms with Gasteiger partial charge in [-0.25, -0.2) is 4.68 Å². The molecule has 1 N–H and O–H groups in total. The second-order valence-corrected chi connectivity index (χ2v) is 14.5. The number of aromatic nitrogens is 2. The monoisotopic (exact) mass is 465 g/mol. The maximum absolute atomic E-state index is 13.6. The predicted octanol–water partition coefficient (Wildman–Crippen LogP) is 2.95. The number of methoxy groups -OCH3 is 1. The van der Waals surface area contributed by atoms with E-state index < -0.39 is 37.1 Å². The van der Waals surface area contributed by atoms with Crippen molar-refractivity contribution in [2.45, 2.75) is 64.1 Å². The number of anilines is 1. The maximum Gasteiger partial charge on any atom is 0.423 e. The zero-order valence-electron chi connectivity index (χ0n) is 18.4. The number of hydrogen-bond acceptors (Lipinski definition) is 7. The lowest BCUT2D eigenvalue weighted by Gasteiger charge is -2.20. The van der Waals surface area contributed by atoms with Crippen LogP contribution in [0.5, 0.6) is 0 Å². The molecule has 1 heterocycles. The molecule has 1 fully saturated rings. The van der Waals surface area contributed by atoms with Crippen molar-refractivity contribution in [2.24, 2.45) is 5.92 Å². The average Bonchev–Trinajstić information content (AvgIpc) is 3.42. The van der Waals surface area contributed by atoms with E-state index in [1.54, 1.807) is 6.92 Å². The van der Waals surface area contributed by atoms with Crippen molar-refractivity contribution in [3.05, 3.63) is 22.1 Å². The second-order valence-electron chi connectivity index (χ2n) is 8.87. The van der Waals surface area contributed by atoms with Crippen molar-refractivity contribution in [1.82, 2.24) is 9.78 Å². The Hall–Kier alpha value is -1.92. The summed E-state index contributed by atoms with van der Waals surface area (Å²) in [6.45, 7) is 8.11. The van der Waals surface area contributed by atoms with Gasteiger partial charge in [-0.1, -0.05) is 19.6 Å². The fourth-order valence-corrected chi connectivity index (χ4v) is 3.58. The standard InChI is InChI=1S/C19H30F3N3O5Si/c1-12(10-30-15-8-13(15)18(27)28-2)24-14-9-23-25(11-29-6-7-31(3,4)5)17(26)16(14)19(20,21)22/h9,12-13,15,24H,6-8,10-11H2,1-5H3/t12-,13?,15?/m0/s1. The van der Waals surface area contributed by atoms with Crippen LogP contribution >= 0.6 is 0 Å². The molecular formula is C19H30F3N3O5Si. The molecule has 0 bridgehead atoms. The molecule has 0 spiro atoms. The Morgan fingerprint density at radius 3 is 2.65 bits per heavy atom. The molecule has 1 aliphatic rings. The Kier molecular flexibility index (Phi) is 8.28. The van der Waals surface area contributed by atoms with Crippen molar-refractivity contribution < 1.29 is 32.2 Å². The van der Waals surface area contributed by atoms with E-state index >= 15 is 0 Å². The van der Waals surface area contributed by atoms with Gasteiger partial charge in [0.05, 0.1) is 37.6 Å². The van der Waals surface area contributed by atoms with Gasteiger partial charge in [-0.3, -0.25) is 9.59 Å². The Labute approximate surface area is 180 Å². The van der Waals surface area contributed by atoms with Crippen LogP contribution in [-0.2, 0) is 31.9 Å². The first-order valence-electron chi connectivity index (χ1n) is 10.0. The molecule has 176 valence electrons. The van der Waals surface area contributed by atoms with Crippen LogP contribution in [-0.4, -0.2) is 56.3 Å². The second kappa shape index (κ2) is 10.1. The molecule has 0 saturated heterocycles. The maximum atomic E-state index is 13.6. The van der Waals surface area contributed by atoms with E-state index in [-0.39, 0.29) is 31.3 Å². The van der Waals surface area contributed by atoms with E-state index in [0.29, 0.717) is 17.7 Å². The highest BCUT2D eigenvalue weighted by Crippen LogP contribution is 2.35. The molecule has 1 aromatic heterocycles. The number of carbonyl (C=O) groups excluding carboxylic acids is 1. The molecule has 0 amide bonds. The minimum Gasteiger partial charge on any atom is -0.469 e. The molecule has 31 heavy (non-hydrogen) atoms. The molecule has 2 rings (SSSR count). The number of esters is 1. The van der Waals surface area contributed by atoms with E-state index in [4.69, 9.17) is 9.47 Å². The largest absolute Gasteiger partial charge is 0.469 e. The summed E-state index contributed by atoms with van der Waals surface area (Å²) >= 11 is 0. The number of alkyl halides is 3. The third kappa shape index (κ3) is 7.61. The number of carbonyl (C=O) groups is 1. The fraction of sp³-hybridized carbons (Fsp3) is 0.737. The highest BCUT2D eigenvalue weighted by molar-refractivity contribution is 6.76. The quantitative estimate of drug-likeness (QED) is 0.305. The summed E-state index contributed by atoms with van der Waals surface area (Å²) in [6.07, 6.45) is -3.69. The van der Waals surface area contributed by atoms with Crippen LogP contribution in [0.15, 0.2) is 11.0 Å². The summed E-state index contributed by atoms with van der Waals surface area (Å²) in [4.78, 5) is 23.8. The normalized spacial score (nSPS) is 19.7. The summed E-state index contributed by atoms with van der Waals surface area (Å²) in [5.74, 6) is -0.709. The molecule has 0 radical (unpaired) electrons. The van der Waals surface area contributed by atoms with Crippen LogP contribution in [0.25, 0.3) is 0 Å². The predicted molar refractivity (Wildman–Crippen MR) is 111 cm³/mol. The molecule has 3 atom stereocenters. The summed E-state index contributed by atoms with van der Waals surface area (Å²) in [5.41, 5.74) is -3.03. The van der Waals surface area contributed by atoms with Gasteiger partial charge in [0.25, 0.3) is 5.56 Å². The van der Waals surface area contributed by atoms with E-state index in [2.05, 4.69) is 34.8 Å². The van der Waals surface area contributed by atoms with E-state index in [0.717, 1.165) is 12.2 Å². The van der Waals surface area contributed by atoms with E-state index in [1.807, 2.05) is 0 Å². The SMILES string of the molecule is COC(=O)C1CC1OC[C@H](C)Nc1cnn(COCC[Si](C)(C)C)c(=O)c1C(F)(F)F. The van der Waals surface area contributed by atoms with Gasteiger partial charge >= 0.3 is 12.1 Å². The lowest BCUT2D eigenvalue weighted by Crippen LogP contribution is -2.34. The Balaban J connectivity index is 2.01. The van der Waals surface area contributed by atoms with E-state index in [1.165, 1.54) is 7.11 Å². The first-order valence-corrected chi connectivity index (χ1v) is 13.7. The summed E-state index contributed by atoms with van der Waals surface area (Å²) < 4.78 is 57.0. The zero-order valence-corrected chi connectivity index (χ0v) is 19.4. The van der Waals surface area contributed by atoms with Crippen LogP contribution in [0.3, 0.4) is 0 Å². The molecule has 8 nitrogen and oxygen atoms in total. The highest BCUT2D eigenvalue weighted by atomic mass is 28.3. The fourth-order valence-electron chi connectivity index (χ4n) is 2.82. The molecule has 12 heteroatoms. The summed E-state index contributed by atoms with van der Waals surface area (Å²) in [7, 11) is -0.0773. The molecule has 1 aromatic rings. The minimum absolute atomic E-state index is 0.0539. The van der Waals surface area contributed by atoms with Crippen LogP contribution in [0.2, 0.25) is 25.7 Å². The van der Waals surface area contributed by atoms with Crippen molar-refractivity contribution in [2.75, 3.05) is 25.6 Å². The first kappa shape index (κ1) is 25.3. The zero-order chi connectivity index (χ0) is 23.4. The molecule has 2 unspecified atom stereocenters. The van der Waals surface area contributed by atoms with Gasteiger partial charge in [0.15, 0.2) is 0 Å². The van der Waals surface area contributed by atoms with Crippen LogP contribution in [0.4, 0.5) is 18.9 Å². The lowest BCUT2D eigenvalue weighted by atomic mass is 10.2. The average molecular weight is 466 g/mol. The molecule has 1 aliphatic carbocycles. The van der Waals surface area contributed by atoms with Crippen molar-refractivity contribution in [3.8, 4) is 0 Å². The molecule has 0 aliphatic heterocycles. The highest BCUT2D eigenvalue weighted by Gasteiger charge is 2.45. The van der Waals surface area contributed by atoms with Gasteiger partial charge in [0, 0.05) is 20.7 Å². The summed E-state index contributed by atoms with van der Waals surface area (Å²) in [6, 6.07) is 0.271. The van der Waals surface area contributed by atoms with Gasteiger partial charge < -0.3 is 19.5 Å². The number of nitrogens with zero attached hydrogens (tertiary/aromatic N) is 2. The molecular weight excluding hydrogens is 435 g/mol. The van der Waals surface area contributed by atoms with E-state index in [9.17, 15) is 22.8 Å². The Morgan fingerprint density at radius 2 is 2.06 bits per heavy atom. The van der Waals surface area contributed by atoms with Gasteiger partial charge in [-0.15, -0.1) is 0 Å². The Bertz CT molecular complexity index is 825.